The van der Waals surface area contributed by atoms with Crippen LogP contribution in [0.25, 0.3) is 0 Å². The summed E-state index contributed by atoms with van der Waals surface area (Å²) in [6.45, 7) is 8.33. The topological polar surface area (TPSA) is 9.72 Å². The first-order valence-corrected chi connectivity index (χ1v) is 8.48. The lowest BCUT2D eigenvalue weighted by Gasteiger charge is -2.22. The maximum atomic E-state index is 14.3. The van der Waals surface area contributed by atoms with E-state index in [-0.39, 0.29) is 0 Å². The van der Waals surface area contributed by atoms with Crippen LogP contribution in [0.15, 0.2) is 17.0 Å². The number of nitrogens with zero attached hydrogens (tertiary/aromatic N) is 3. The molecule has 0 saturated carbocycles. The van der Waals surface area contributed by atoms with Crippen molar-refractivity contribution in [3.63, 3.8) is 0 Å². The minimum atomic E-state index is -4.24. The van der Waals surface area contributed by atoms with Gasteiger partial charge < -0.3 is 4.90 Å². The van der Waals surface area contributed by atoms with Crippen LogP contribution in [0.4, 0.5) is 23.2 Å². The zero-order valence-corrected chi connectivity index (χ0v) is 14.3. The summed E-state index contributed by atoms with van der Waals surface area (Å²) < 4.78 is 51.6. The molecule has 0 atom stereocenters. The highest BCUT2D eigenvalue weighted by atomic mass is 32.2. The van der Waals surface area contributed by atoms with Crippen molar-refractivity contribution in [3.8, 4) is 0 Å². The zero-order valence-electron chi connectivity index (χ0n) is 13.5. The highest BCUT2D eigenvalue weighted by molar-refractivity contribution is 7.99. The van der Waals surface area contributed by atoms with Crippen LogP contribution in [-0.2, 0) is 0 Å². The summed E-state index contributed by atoms with van der Waals surface area (Å²) in [5.41, 5.74) is 0.883. The van der Waals surface area contributed by atoms with Gasteiger partial charge in [0.25, 0.3) is 0 Å². The van der Waals surface area contributed by atoms with Crippen LogP contribution in [0, 0.1) is 12.7 Å². The number of hydrazine groups is 1. The number of rotatable bonds is 5. The predicted molar refractivity (Wildman–Crippen MR) is 84.9 cm³/mol. The van der Waals surface area contributed by atoms with E-state index in [9.17, 15) is 17.6 Å². The third-order valence-electron chi connectivity index (χ3n) is 3.77. The maximum absolute atomic E-state index is 14.3. The molecular weight excluding hydrogens is 330 g/mol. The molecule has 1 aliphatic heterocycles. The summed E-state index contributed by atoms with van der Waals surface area (Å²) in [5, 5.41) is 4.17. The molecule has 1 fully saturated rings. The van der Waals surface area contributed by atoms with Crippen LogP contribution in [0.3, 0.4) is 0 Å². The molecule has 0 amide bonds. The van der Waals surface area contributed by atoms with Crippen LogP contribution < -0.4 is 4.90 Å². The number of anilines is 1. The van der Waals surface area contributed by atoms with E-state index in [2.05, 4.69) is 10.0 Å². The van der Waals surface area contributed by atoms with E-state index in [1.54, 1.807) is 6.92 Å². The first-order chi connectivity index (χ1) is 10.7. The summed E-state index contributed by atoms with van der Waals surface area (Å²) >= 11 is 0.703. The molecule has 0 bridgehead atoms. The van der Waals surface area contributed by atoms with Gasteiger partial charge in [-0.25, -0.2) is 14.4 Å². The zero-order chi connectivity index (χ0) is 17.2. The van der Waals surface area contributed by atoms with E-state index in [0.717, 1.165) is 13.1 Å². The second kappa shape index (κ2) is 7.27. The summed E-state index contributed by atoms with van der Waals surface area (Å²) in [7, 11) is 0. The molecule has 8 heteroatoms. The van der Waals surface area contributed by atoms with Crippen LogP contribution in [0.5, 0.6) is 0 Å². The molecule has 130 valence electrons. The number of alkyl halides is 3. The van der Waals surface area contributed by atoms with E-state index in [0.29, 0.717) is 41.2 Å². The molecule has 3 nitrogen and oxygen atoms in total. The summed E-state index contributed by atoms with van der Waals surface area (Å²) in [6, 6.07) is 2.85. The number of aryl methyl sites for hydroxylation is 1. The first-order valence-electron chi connectivity index (χ1n) is 7.49. The van der Waals surface area contributed by atoms with Gasteiger partial charge in [0, 0.05) is 18.0 Å². The molecule has 1 aromatic rings. The molecule has 23 heavy (non-hydrogen) atoms. The minimum Gasteiger partial charge on any atom is -0.341 e. The number of benzene rings is 1. The third-order valence-corrected chi connectivity index (χ3v) is 5.00. The standard InChI is InChI=1S/C15H21F4N3S/c1-4-21-9-20(10-22(21)5-2)13-7-14(11(3)6-12(13)16)23-8-15(17,18)19/h6-7H,4-5,8-10H2,1-3H3. The van der Waals surface area contributed by atoms with Crippen molar-refractivity contribution in [3.05, 3.63) is 23.5 Å². The van der Waals surface area contributed by atoms with Gasteiger partial charge in [-0.1, -0.05) is 13.8 Å². The fourth-order valence-electron chi connectivity index (χ4n) is 2.57. The average molecular weight is 351 g/mol. The lowest BCUT2D eigenvalue weighted by atomic mass is 10.2. The molecule has 1 heterocycles. The maximum Gasteiger partial charge on any atom is 0.398 e. The minimum absolute atomic E-state index is 0.356. The van der Waals surface area contributed by atoms with Gasteiger partial charge in [-0.15, -0.1) is 11.8 Å². The summed E-state index contributed by atoms with van der Waals surface area (Å²) in [6.07, 6.45) is -4.24. The molecule has 0 spiro atoms. The number of halogens is 4. The number of thioether (sulfide) groups is 1. The number of hydrogen-bond acceptors (Lipinski definition) is 4. The fourth-order valence-corrected chi connectivity index (χ4v) is 3.37. The lowest BCUT2D eigenvalue weighted by molar-refractivity contribution is -0.105. The molecule has 0 radical (unpaired) electrons. The molecule has 0 unspecified atom stereocenters. The van der Waals surface area contributed by atoms with Gasteiger partial charge in [0.2, 0.25) is 0 Å². The van der Waals surface area contributed by atoms with Crippen LogP contribution in [0.1, 0.15) is 19.4 Å². The van der Waals surface area contributed by atoms with E-state index in [1.807, 2.05) is 18.7 Å². The quantitative estimate of drug-likeness (QED) is 0.584. The van der Waals surface area contributed by atoms with E-state index < -0.39 is 17.7 Å². The van der Waals surface area contributed by atoms with Crippen molar-refractivity contribution >= 4 is 17.4 Å². The Bertz CT molecular complexity index is 538. The van der Waals surface area contributed by atoms with Crippen molar-refractivity contribution in [2.24, 2.45) is 0 Å². The van der Waals surface area contributed by atoms with Gasteiger partial charge in [0.15, 0.2) is 0 Å². The van der Waals surface area contributed by atoms with Crippen LogP contribution in [-0.4, -0.2) is 48.4 Å². The van der Waals surface area contributed by atoms with Gasteiger partial charge >= 0.3 is 6.18 Å². The Hall–Kier alpha value is -0.990. The van der Waals surface area contributed by atoms with Crippen molar-refractivity contribution in [2.45, 2.75) is 31.8 Å². The lowest BCUT2D eigenvalue weighted by Crippen LogP contribution is -2.35. The van der Waals surface area contributed by atoms with Crippen molar-refractivity contribution in [1.29, 1.82) is 0 Å². The van der Waals surface area contributed by atoms with Gasteiger partial charge in [0.05, 0.1) is 24.8 Å². The SMILES string of the molecule is CCN1CN(c2cc(SCC(F)(F)F)c(C)cc2F)CN1CC. The Morgan fingerprint density at radius 1 is 1.09 bits per heavy atom. The van der Waals surface area contributed by atoms with Gasteiger partial charge in [-0.3, -0.25) is 0 Å². The van der Waals surface area contributed by atoms with E-state index >= 15 is 0 Å². The highest BCUT2D eigenvalue weighted by Crippen LogP contribution is 2.34. The first kappa shape index (κ1) is 18.4. The monoisotopic (exact) mass is 351 g/mol. The number of hydrogen-bond donors (Lipinski definition) is 0. The molecule has 1 aromatic carbocycles. The smallest absolute Gasteiger partial charge is 0.341 e. The van der Waals surface area contributed by atoms with Crippen molar-refractivity contribution in [2.75, 3.05) is 37.1 Å². The van der Waals surface area contributed by atoms with Crippen molar-refractivity contribution < 1.29 is 17.6 Å². The Balaban J connectivity index is 2.22. The Kier molecular flexibility index (Phi) is 5.80. The fraction of sp³-hybridized carbons (Fsp3) is 0.600. The normalized spacial score (nSPS) is 17.3. The molecular formula is C15H21F4N3S. The van der Waals surface area contributed by atoms with Crippen molar-refractivity contribution in [1.82, 2.24) is 10.0 Å². The molecule has 1 saturated heterocycles. The Morgan fingerprint density at radius 3 is 2.13 bits per heavy atom. The second-order valence-electron chi connectivity index (χ2n) is 5.44. The van der Waals surface area contributed by atoms with E-state index in [4.69, 9.17) is 0 Å². The molecule has 0 aliphatic carbocycles. The molecule has 0 aromatic heterocycles. The van der Waals surface area contributed by atoms with Crippen LogP contribution in [0.2, 0.25) is 0 Å². The Labute approximate surface area is 138 Å². The van der Waals surface area contributed by atoms with Crippen LogP contribution >= 0.6 is 11.8 Å². The summed E-state index contributed by atoms with van der Waals surface area (Å²) in [4.78, 5) is 2.32. The van der Waals surface area contributed by atoms with E-state index in [1.165, 1.54) is 12.1 Å². The molecule has 2 rings (SSSR count). The Morgan fingerprint density at radius 2 is 1.65 bits per heavy atom. The molecule has 1 aliphatic rings. The summed E-state index contributed by atoms with van der Waals surface area (Å²) in [5.74, 6) is -1.37. The average Bonchev–Trinajstić information content (AvgIpc) is 2.88. The van der Waals surface area contributed by atoms with Gasteiger partial charge in [-0.05, 0) is 24.6 Å². The van der Waals surface area contributed by atoms with Gasteiger partial charge in [-0.2, -0.15) is 13.2 Å². The largest absolute Gasteiger partial charge is 0.398 e. The highest BCUT2D eigenvalue weighted by Gasteiger charge is 2.30. The third kappa shape index (κ3) is 4.51. The predicted octanol–water partition coefficient (Wildman–Crippen LogP) is 4.08. The van der Waals surface area contributed by atoms with Gasteiger partial charge in [0.1, 0.15) is 5.82 Å². The second-order valence-corrected chi connectivity index (χ2v) is 6.46. The molecule has 0 N–H and O–H groups in total.